The Labute approximate surface area is 125 Å². The van der Waals surface area contributed by atoms with Crippen molar-refractivity contribution in [3.8, 4) is 5.75 Å². The number of benzene rings is 1. The number of amides is 1. The van der Waals surface area contributed by atoms with E-state index in [-0.39, 0.29) is 11.7 Å². The Morgan fingerprint density at radius 1 is 1.43 bits per heavy atom. The molecule has 0 radical (unpaired) electrons. The Kier molecular flexibility index (Phi) is 5.78. The molecule has 114 valence electrons. The molecule has 1 aromatic rings. The lowest BCUT2D eigenvalue weighted by atomic mass is 9.97. The first-order valence-electron chi connectivity index (χ1n) is 7.53. The minimum absolute atomic E-state index is 0.171. The van der Waals surface area contributed by atoms with Crippen LogP contribution < -0.4 is 10.1 Å². The third-order valence-electron chi connectivity index (χ3n) is 3.61. The summed E-state index contributed by atoms with van der Waals surface area (Å²) in [6, 6.07) is 5.82. The molecule has 0 aliphatic heterocycles. The molecule has 3 nitrogen and oxygen atoms in total. The first kappa shape index (κ1) is 15.5. The van der Waals surface area contributed by atoms with Crippen molar-refractivity contribution in [2.45, 2.75) is 45.1 Å². The molecule has 1 aromatic carbocycles. The lowest BCUT2D eigenvalue weighted by molar-refractivity contribution is -0.127. The van der Waals surface area contributed by atoms with Gasteiger partial charge in [0.2, 0.25) is 0 Å². The van der Waals surface area contributed by atoms with E-state index in [9.17, 15) is 9.18 Å². The van der Waals surface area contributed by atoms with E-state index in [1.165, 1.54) is 30.5 Å². The Bertz CT molecular complexity index is 513. The summed E-state index contributed by atoms with van der Waals surface area (Å²) in [6.07, 6.45) is 7.37. The van der Waals surface area contributed by atoms with Crippen LogP contribution in [0.25, 0.3) is 0 Å². The molecule has 0 fully saturated rings. The summed E-state index contributed by atoms with van der Waals surface area (Å²) in [7, 11) is 0. The van der Waals surface area contributed by atoms with Crippen molar-refractivity contribution in [1.82, 2.24) is 5.32 Å². The number of nitrogens with one attached hydrogen (secondary N) is 1. The molecule has 1 aliphatic carbocycles. The SMILES string of the molecule is CC(Oc1cccc(F)c1)C(=O)NCCC1=CCCCC1. The summed E-state index contributed by atoms with van der Waals surface area (Å²) in [5, 5.41) is 2.87. The van der Waals surface area contributed by atoms with E-state index in [2.05, 4.69) is 11.4 Å². The number of carbonyl (C=O) groups excluding carboxylic acids is 1. The summed E-state index contributed by atoms with van der Waals surface area (Å²) in [5.74, 6) is -0.173. The highest BCUT2D eigenvalue weighted by Crippen LogP contribution is 2.19. The zero-order valence-corrected chi connectivity index (χ0v) is 12.4. The van der Waals surface area contributed by atoms with Gasteiger partial charge >= 0.3 is 0 Å². The second kappa shape index (κ2) is 7.81. The van der Waals surface area contributed by atoms with Crippen molar-refractivity contribution in [2.75, 3.05) is 6.54 Å². The molecule has 1 unspecified atom stereocenters. The van der Waals surface area contributed by atoms with Crippen LogP contribution in [0.3, 0.4) is 0 Å². The Balaban J connectivity index is 1.73. The highest BCUT2D eigenvalue weighted by atomic mass is 19.1. The largest absolute Gasteiger partial charge is 0.481 e. The van der Waals surface area contributed by atoms with Crippen LogP contribution in [0, 0.1) is 5.82 Å². The maximum absolute atomic E-state index is 13.0. The summed E-state index contributed by atoms with van der Waals surface area (Å²) in [6.45, 7) is 2.29. The van der Waals surface area contributed by atoms with E-state index in [4.69, 9.17) is 4.74 Å². The molecule has 1 amide bonds. The first-order chi connectivity index (χ1) is 10.1. The number of hydrogen-bond acceptors (Lipinski definition) is 2. The van der Waals surface area contributed by atoms with Gasteiger partial charge in [-0.1, -0.05) is 17.7 Å². The number of halogens is 1. The number of rotatable bonds is 6. The van der Waals surface area contributed by atoms with Gasteiger partial charge < -0.3 is 10.1 Å². The van der Waals surface area contributed by atoms with Crippen molar-refractivity contribution >= 4 is 5.91 Å². The molecular formula is C17H22FNO2. The Hall–Kier alpha value is -1.84. The topological polar surface area (TPSA) is 38.3 Å². The zero-order chi connectivity index (χ0) is 15.1. The number of ether oxygens (including phenoxy) is 1. The lowest BCUT2D eigenvalue weighted by Crippen LogP contribution is -2.37. The number of allylic oxidation sites excluding steroid dienone is 1. The fourth-order valence-corrected chi connectivity index (χ4v) is 2.42. The fourth-order valence-electron chi connectivity index (χ4n) is 2.42. The van der Waals surface area contributed by atoms with Crippen molar-refractivity contribution in [1.29, 1.82) is 0 Å². The van der Waals surface area contributed by atoms with Gasteiger partial charge in [0.05, 0.1) is 0 Å². The predicted molar refractivity (Wildman–Crippen MR) is 80.7 cm³/mol. The highest BCUT2D eigenvalue weighted by molar-refractivity contribution is 5.80. The molecule has 0 heterocycles. The van der Waals surface area contributed by atoms with Crippen LogP contribution in [0.2, 0.25) is 0 Å². The smallest absolute Gasteiger partial charge is 0.260 e. The van der Waals surface area contributed by atoms with Gasteiger partial charge in [-0.3, -0.25) is 4.79 Å². The maximum Gasteiger partial charge on any atom is 0.260 e. The van der Waals surface area contributed by atoms with Crippen LogP contribution in [0.15, 0.2) is 35.9 Å². The quantitative estimate of drug-likeness (QED) is 0.813. The molecule has 0 saturated carbocycles. The van der Waals surface area contributed by atoms with E-state index in [1.54, 1.807) is 19.1 Å². The van der Waals surface area contributed by atoms with Crippen LogP contribution in [0.1, 0.15) is 39.0 Å². The molecule has 0 saturated heterocycles. The van der Waals surface area contributed by atoms with Gasteiger partial charge in [-0.2, -0.15) is 0 Å². The van der Waals surface area contributed by atoms with Crippen LogP contribution in [0.5, 0.6) is 5.75 Å². The molecule has 0 spiro atoms. The van der Waals surface area contributed by atoms with Crippen molar-refractivity contribution in [3.05, 3.63) is 41.7 Å². The van der Waals surface area contributed by atoms with Gasteiger partial charge in [0.25, 0.3) is 5.91 Å². The minimum atomic E-state index is -0.632. The summed E-state index contributed by atoms with van der Waals surface area (Å²) in [5.41, 5.74) is 1.43. The van der Waals surface area contributed by atoms with Crippen molar-refractivity contribution in [3.63, 3.8) is 0 Å². The maximum atomic E-state index is 13.0. The van der Waals surface area contributed by atoms with Gasteiger partial charge in [-0.05, 0) is 51.2 Å². The number of carbonyl (C=O) groups is 1. The minimum Gasteiger partial charge on any atom is -0.481 e. The van der Waals surface area contributed by atoms with E-state index in [1.807, 2.05) is 0 Å². The van der Waals surface area contributed by atoms with Crippen LogP contribution in [0.4, 0.5) is 4.39 Å². The monoisotopic (exact) mass is 291 g/mol. The highest BCUT2D eigenvalue weighted by Gasteiger charge is 2.14. The van der Waals surface area contributed by atoms with Crippen LogP contribution in [-0.4, -0.2) is 18.6 Å². The fraction of sp³-hybridized carbons (Fsp3) is 0.471. The Morgan fingerprint density at radius 3 is 3.00 bits per heavy atom. The van der Waals surface area contributed by atoms with Gasteiger partial charge in [0, 0.05) is 12.6 Å². The van der Waals surface area contributed by atoms with E-state index < -0.39 is 6.10 Å². The number of hydrogen-bond donors (Lipinski definition) is 1. The molecule has 1 aliphatic rings. The normalized spacial score (nSPS) is 16.0. The molecule has 2 rings (SSSR count). The van der Waals surface area contributed by atoms with Crippen LogP contribution >= 0.6 is 0 Å². The average Bonchev–Trinajstić information content (AvgIpc) is 2.48. The molecule has 21 heavy (non-hydrogen) atoms. The van der Waals surface area contributed by atoms with E-state index in [0.717, 1.165) is 19.3 Å². The summed E-state index contributed by atoms with van der Waals surface area (Å²) in [4.78, 5) is 11.9. The van der Waals surface area contributed by atoms with Gasteiger partial charge in [-0.15, -0.1) is 0 Å². The standard InChI is InChI=1S/C17H22FNO2/c1-13(21-16-9-5-8-15(18)12-16)17(20)19-11-10-14-6-3-2-4-7-14/h5-6,8-9,12-13H,2-4,7,10-11H2,1H3,(H,19,20). The first-order valence-corrected chi connectivity index (χ1v) is 7.53. The summed E-state index contributed by atoms with van der Waals surface area (Å²) < 4.78 is 18.5. The second-order valence-electron chi connectivity index (χ2n) is 5.37. The van der Waals surface area contributed by atoms with Gasteiger partial charge in [-0.25, -0.2) is 4.39 Å². The molecule has 4 heteroatoms. The third kappa shape index (κ3) is 5.21. The van der Waals surface area contributed by atoms with Crippen molar-refractivity contribution in [2.24, 2.45) is 0 Å². The third-order valence-corrected chi connectivity index (χ3v) is 3.61. The Morgan fingerprint density at radius 2 is 2.29 bits per heavy atom. The average molecular weight is 291 g/mol. The molecule has 1 N–H and O–H groups in total. The van der Waals surface area contributed by atoms with E-state index in [0.29, 0.717) is 12.3 Å². The lowest BCUT2D eigenvalue weighted by Gasteiger charge is -2.16. The van der Waals surface area contributed by atoms with Gasteiger partial charge in [0.15, 0.2) is 6.10 Å². The second-order valence-corrected chi connectivity index (χ2v) is 5.37. The van der Waals surface area contributed by atoms with Crippen molar-refractivity contribution < 1.29 is 13.9 Å². The molecule has 0 bridgehead atoms. The van der Waals surface area contributed by atoms with E-state index >= 15 is 0 Å². The molecular weight excluding hydrogens is 269 g/mol. The predicted octanol–water partition coefficient (Wildman–Crippen LogP) is 3.60. The van der Waals surface area contributed by atoms with Crippen LogP contribution in [-0.2, 0) is 4.79 Å². The molecule has 0 aromatic heterocycles. The molecule has 1 atom stereocenters. The van der Waals surface area contributed by atoms with Gasteiger partial charge in [0.1, 0.15) is 11.6 Å². The zero-order valence-electron chi connectivity index (χ0n) is 12.4. The summed E-state index contributed by atoms with van der Waals surface area (Å²) >= 11 is 0.